The van der Waals surface area contributed by atoms with E-state index in [1.54, 1.807) is 45.2 Å². The largest absolute Gasteiger partial charge is 0.504 e. The molecule has 212 valence electrons. The molecule has 0 aliphatic carbocycles. The molecule has 3 aromatic carbocycles. The van der Waals surface area contributed by atoms with Crippen molar-refractivity contribution in [2.75, 3.05) is 27.9 Å². The summed E-state index contributed by atoms with van der Waals surface area (Å²) in [5.41, 5.74) is 1.33. The van der Waals surface area contributed by atoms with Crippen LogP contribution in [0, 0.1) is 11.6 Å². The third-order valence-electron chi connectivity index (χ3n) is 7.29. The van der Waals surface area contributed by atoms with Gasteiger partial charge in [-0.3, -0.25) is 0 Å². The Balaban J connectivity index is 2.25. The van der Waals surface area contributed by atoms with Crippen LogP contribution in [0.15, 0.2) is 48.5 Å². The lowest BCUT2D eigenvalue weighted by atomic mass is 9.83. The zero-order chi connectivity index (χ0) is 29.6. The fraction of sp³-hybridized carbons (Fsp3) is 0.323. The number of hydrogen-bond donors (Lipinski definition) is 2. The van der Waals surface area contributed by atoms with E-state index in [4.69, 9.17) is 14.2 Å². The maximum atomic E-state index is 14.9. The predicted octanol–water partition coefficient (Wildman–Crippen LogP) is 6.79. The van der Waals surface area contributed by atoms with Crippen molar-refractivity contribution in [3.05, 3.63) is 77.0 Å². The molecule has 0 spiro atoms. The Kier molecular flexibility index (Phi) is 7.66. The Morgan fingerprint density at radius 2 is 1.62 bits per heavy atom. The highest BCUT2D eigenvalue weighted by Gasteiger charge is 2.35. The second-order valence-electron chi connectivity index (χ2n) is 10.8. The molecule has 0 atom stereocenters. The first-order chi connectivity index (χ1) is 18.8. The summed E-state index contributed by atoms with van der Waals surface area (Å²) in [6, 6.07) is 11.9. The van der Waals surface area contributed by atoms with E-state index in [0.717, 1.165) is 0 Å². The molecule has 0 saturated heterocycles. The first-order valence-corrected chi connectivity index (χ1v) is 12.6. The molecule has 0 unspecified atom stereocenters. The Bertz CT molecular complexity index is 1610. The van der Waals surface area contributed by atoms with Crippen LogP contribution in [0.1, 0.15) is 49.3 Å². The summed E-state index contributed by atoms with van der Waals surface area (Å²) in [6.45, 7) is 7.61. The van der Waals surface area contributed by atoms with E-state index in [9.17, 15) is 23.8 Å². The van der Waals surface area contributed by atoms with Crippen LogP contribution in [0.5, 0.6) is 11.5 Å². The minimum atomic E-state index is -1.12. The standard InChI is InChI=1S/C31H33F2NO6/c1-30(2,16-38-5)28-25(17-8-10-19(29(36)37)20(14-17)31(3,4)40-7)26-23(13-12-22(33)27(26)35)34(28)18-9-11-21(32)24(15-18)39-6/h8-15,35H,16H2,1-7H3,(H,36,37). The van der Waals surface area contributed by atoms with Crippen molar-refractivity contribution in [3.8, 4) is 28.3 Å². The Labute approximate surface area is 231 Å². The highest BCUT2D eigenvalue weighted by molar-refractivity contribution is 6.04. The number of ether oxygens (including phenoxy) is 3. The fourth-order valence-corrected chi connectivity index (χ4v) is 5.24. The Morgan fingerprint density at radius 3 is 2.23 bits per heavy atom. The third kappa shape index (κ3) is 4.80. The van der Waals surface area contributed by atoms with Crippen molar-refractivity contribution in [1.29, 1.82) is 0 Å². The maximum absolute atomic E-state index is 14.9. The minimum absolute atomic E-state index is 0.0117. The first-order valence-electron chi connectivity index (χ1n) is 12.6. The van der Waals surface area contributed by atoms with Crippen molar-refractivity contribution >= 4 is 16.9 Å². The summed E-state index contributed by atoms with van der Waals surface area (Å²) in [4.78, 5) is 12.1. The molecule has 2 N–H and O–H groups in total. The lowest BCUT2D eigenvalue weighted by Gasteiger charge is -2.29. The molecular weight excluding hydrogens is 520 g/mol. The lowest BCUT2D eigenvalue weighted by Crippen LogP contribution is -2.27. The minimum Gasteiger partial charge on any atom is -0.504 e. The zero-order valence-electron chi connectivity index (χ0n) is 23.6. The van der Waals surface area contributed by atoms with Gasteiger partial charge in [0.15, 0.2) is 23.1 Å². The molecule has 0 aliphatic heterocycles. The lowest BCUT2D eigenvalue weighted by molar-refractivity contribution is 0.0176. The number of carboxylic acids is 1. The van der Waals surface area contributed by atoms with Crippen LogP contribution >= 0.6 is 0 Å². The van der Waals surface area contributed by atoms with E-state index in [1.807, 2.05) is 18.4 Å². The molecule has 0 fully saturated rings. The molecule has 7 nitrogen and oxygen atoms in total. The van der Waals surface area contributed by atoms with E-state index in [0.29, 0.717) is 33.6 Å². The average molecular weight is 554 g/mol. The molecule has 9 heteroatoms. The molecule has 0 amide bonds. The van der Waals surface area contributed by atoms with Gasteiger partial charge < -0.3 is 29.0 Å². The van der Waals surface area contributed by atoms with Crippen molar-refractivity contribution in [2.24, 2.45) is 0 Å². The number of carbonyl (C=O) groups is 1. The highest BCUT2D eigenvalue weighted by Crippen LogP contribution is 2.48. The number of carboxylic acid groups (broad SMARTS) is 1. The predicted molar refractivity (Wildman–Crippen MR) is 149 cm³/mol. The number of phenolic OH excluding ortho intramolecular Hbond substituents is 1. The van der Waals surface area contributed by atoms with E-state index in [-0.39, 0.29) is 23.3 Å². The Morgan fingerprint density at radius 1 is 0.950 bits per heavy atom. The van der Waals surface area contributed by atoms with Gasteiger partial charge in [0.05, 0.1) is 35.8 Å². The van der Waals surface area contributed by atoms with E-state index < -0.39 is 34.4 Å². The van der Waals surface area contributed by atoms with E-state index >= 15 is 0 Å². The van der Waals surface area contributed by atoms with Crippen molar-refractivity contribution in [2.45, 2.75) is 38.7 Å². The number of aromatic carboxylic acids is 1. The second kappa shape index (κ2) is 10.6. The molecule has 4 rings (SSSR count). The second-order valence-corrected chi connectivity index (χ2v) is 10.8. The van der Waals surface area contributed by atoms with Gasteiger partial charge in [-0.25, -0.2) is 13.6 Å². The Hall–Kier alpha value is -3.95. The molecule has 1 heterocycles. The summed E-state index contributed by atoms with van der Waals surface area (Å²) in [6.07, 6.45) is 0. The smallest absolute Gasteiger partial charge is 0.336 e. The van der Waals surface area contributed by atoms with Gasteiger partial charge in [0.2, 0.25) is 0 Å². The van der Waals surface area contributed by atoms with E-state index in [1.165, 1.54) is 38.5 Å². The number of methoxy groups -OCH3 is 3. The van der Waals surface area contributed by atoms with Gasteiger partial charge in [0.25, 0.3) is 0 Å². The highest BCUT2D eigenvalue weighted by atomic mass is 19.1. The van der Waals surface area contributed by atoms with E-state index in [2.05, 4.69) is 0 Å². The molecule has 0 radical (unpaired) electrons. The average Bonchev–Trinajstić information content (AvgIpc) is 3.27. The number of aromatic nitrogens is 1. The molecule has 0 aliphatic rings. The van der Waals surface area contributed by atoms with Crippen LogP contribution in [-0.4, -0.2) is 48.7 Å². The fourth-order valence-electron chi connectivity index (χ4n) is 5.24. The normalized spacial score (nSPS) is 12.2. The summed E-state index contributed by atoms with van der Waals surface area (Å²) < 4.78 is 47.6. The van der Waals surface area contributed by atoms with Crippen molar-refractivity contribution in [1.82, 2.24) is 4.57 Å². The van der Waals surface area contributed by atoms with Gasteiger partial charge >= 0.3 is 5.97 Å². The SMILES string of the molecule is COCC(C)(C)c1c(-c2ccc(C(=O)O)c(C(C)(C)OC)c2)c2c(O)c(F)ccc2n1-c1ccc(F)c(OC)c1. The molecule has 0 saturated carbocycles. The zero-order valence-corrected chi connectivity index (χ0v) is 23.6. The first kappa shape index (κ1) is 29.0. The van der Waals surface area contributed by atoms with Gasteiger partial charge in [-0.1, -0.05) is 19.9 Å². The molecule has 4 aromatic rings. The molecule has 0 bridgehead atoms. The number of aromatic hydroxyl groups is 1. The van der Waals surface area contributed by atoms with Crippen LogP contribution < -0.4 is 4.74 Å². The molecular formula is C31H33F2NO6. The summed E-state index contributed by atoms with van der Waals surface area (Å²) >= 11 is 0. The van der Waals surface area contributed by atoms with Gasteiger partial charge in [-0.05, 0) is 61.4 Å². The maximum Gasteiger partial charge on any atom is 0.336 e. The van der Waals surface area contributed by atoms with Crippen LogP contribution in [0.4, 0.5) is 8.78 Å². The van der Waals surface area contributed by atoms with Crippen molar-refractivity contribution < 1.29 is 38.0 Å². The van der Waals surface area contributed by atoms with Crippen LogP contribution in [0.3, 0.4) is 0 Å². The summed E-state index contributed by atoms with van der Waals surface area (Å²) in [5, 5.41) is 21.2. The number of nitrogens with zero attached hydrogens (tertiary/aromatic N) is 1. The number of phenols is 1. The third-order valence-corrected chi connectivity index (χ3v) is 7.29. The van der Waals surface area contributed by atoms with Gasteiger partial charge in [0.1, 0.15) is 0 Å². The van der Waals surface area contributed by atoms with Crippen LogP contribution in [-0.2, 0) is 20.5 Å². The topological polar surface area (TPSA) is 90.2 Å². The number of halogens is 2. The van der Waals surface area contributed by atoms with Gasteiger partial charge in [0, 0.05) is 42.6 Å². The molecule has 40 heavy (non-hydrogen) atoms. The van der Waals surface area contributed by atoms with Crippen molar-refractivity contribution in [3.63, 3.8) is 0 Å². The quantitative estimate of drug-likeness (QED) is 0.237. The number of hydrogen-bond acceptors (Lipinski definition) is 5. The molecule has 1 aromatic heterocycles. The van der Waals surface area contributed by atoms with Crippen LogP contribution in [0.25, 0.3) is 27.7 Å². The number of benzene rings is 3. The number of rotatable bonds is 9. The van der Waals surface area contributed by atoms with Gasteiger partial charge in [-0.15, -0.1) is 0 Å². The summed E-state index contributed by atoms with van der Waals surface area (Å²) in [7, 11) is 4.41. The van der Waals surface area contributed by atoms with Gasteiger partial charge in [-0.2, -0.15) is 0 Å². The van der Waals surface area contributed by atoms with Crippen LogP contribution in [0.2, 0.25) is 0 Å². The monoisotopic (exact) mass is 553 g/mol. The summed E-state index contributed by atoms with van der Waals surface area (Å²) in [5.74, 6) is -3.05. The number of fused-ring (bicyclic) bond motifs is 1.